The Morgan fingerprint density at radius 1 is 0.643 bits per heavy atom. The van der Waals surface area contributed by atoms with Crippen LogP contribution < -0.4 is 0 Å². The van der Waals surface area contributed by atoms with Gasteiger partial charge in [-0.2, -0.15) is 0 Å². The number of hydrogen-bond donors (Lipinski definition) is 0. The van der Waals surface area contributed by atoms with Crippen LogP contribution in [0.5, 0.6) is 0 Å². The van der Waals surface area contributed by atoms with Gasteiger partial charge in [-0.25, -0.2) is 0 Å². The minimum atomic E-state index is -2.57. The summed E-state index contributed by atoms with van der Waals surface area (Å²) in [6, 6.07) is 0. The predicted octanol–water partition coefficient (Wildman–Crippen LogP) is 5.40. The summed E-state index contributed by atoms with van der Waals surface area (Å²) in [4.78, 5) is 0. The first-order valence-corrected chi connectivity index (χ1v) is 13.4. The first-order valence-electron chi connectivity index (χ1n) is 5.15. The lowest BCUT2D eigenvalue weighted by molar-refractivity contribution is 0.846. The molecule has 86 valence electrons. The molecule has 0 atom stereocenters. The molecular weight excluding hydrogens is 271 g/mol. The fourth-order valence-corrected chi connectivity index (χ4v) is 32.5. The molecule has 0 saturated heterocycles. The predicted molar refractivity (Wildman–Crippen MR) is 74.4 cm³/mol. The van der Waals surface area contributed by atoms with E-state index in [0.717, 1.165) is 0 Å². The molecule has 5 heteroatoms. The van der Waals surface area contributed by atoms with Gasteiger partial charge in [0.15, 0.2) is 0 Å². The highest BCUT2D eigenvalue weighted by molar-refractivity contribution is 7.89. The van der Waals surface area contributed by atoms with Crippen LogP contribution in [-0.2, 0) is 0 Å². The first kappa shape index (κ1) is 15.3. The zero-order chi connectivity index (χ0) is 11.7. The van der Waals surface area contributed by atoms with Gasteiger partial charge in [0.25, 0.3) is 0 Å². The molecule has 0 aliphatic carbocycles. The van der Waals surface area contributed by atoms with E-state index in [1.54, 1.807) is 0 Å². The minimum absolute atomic E-state index is 0.543. The van der Waals surface area contributed by atoms with Crippen LogP contribution in [0.4, 0.5) is 0 Å². The van der Waals surface area contributed by atoms with E-state index in [-0.39, 0.29) is 0 Å². The topological polar surface area (TPSA) is 0 Å². The maximum absolute atomic E-state index is 6.37. The van der Waals surface area contributed by atoms with Crippen LogP contribution in [0.25, 0.3) is 0 Å². The first-order chi connectivity index (χ1) is 6.08. The molecule has 0 radical (unpaired) electrons. The molecule has 0 unspecified atom stereocenters. The molecule has 0 aromatic heterocycles. The molecule has 0 aromatic carbocycles. The summed E-state index contributed by atoms with van der Waals surface area (Å²) in [5, 5.41) is 0. The van der Waals surface area contributed by atoms with Gasteiger partial charge in [0.1, 0.15) is 7.59 Å². The molecule has 0 aliphatic heterocycles. The lowest BCUT2D eigenvalue weighted by Crippen LogP contribution is -2.59. The largest absolute Gasteiger partial charge is 0.325 e. The van der Waals surface area contributed by atoms with Crippen LogP contribution in [0.2, 0.25) is 16.6 Å². The zero-order valence-corrected chi connectivity index (χ0v) is 14.1. The summed E-state index contributed by atoms with van der Waals surface area (Å²) in [7, 11) is -1.79. The van der Waals surface area contributed by atoms with Crippen molar-refractivity contribution in [2.75, 3.05) is 0 Å². The number of halogens is 3. The molecule has 0 aromatic rings. The Labute approximate surface area is 104 Å². The van der Waals surface area contributed by atoms with E-state index in [2.05, 4.69) is 41.5 Å². The van der Waals surface area contributed by atoms with E-state index in [4.69, 9.17) is 33.2 Å². The molecule has 0 rings (SSSR count). The summed E-state index contributed by atoms with van der Waals surface area (Å²) in [5.74, 6) is 0. The van der Waals surface area contributed by atoms with Crippen molar-refractivity contribution in [2.45, 2.75) is 58.2 Å². The Morgan fingerprint density at radius 3 is 0.857 bits per heavy atom. The third kappa shape index (κ3) is 2.51. The van der Waals surface area contributed by atoms with Crippen LogP contribution in [0.3, 0.4) is 0 Å². The second-order valence-electron chi connectivity index (χ2n) is 4.89. The Bertz CT molecular complexity index is 163. The summed E-state index contributed by atoms with van der Waals surface area (Å²) < 4.78 is 0. The summed E-state index contributed by atoms with van der Waals surface area (Å²) in [6.45, 7) is 13.3. The molecule has 0 saturated carbocycles. The summed E-state index contributed by atoms with van der Waals surface area (Å²) in [6.07, 6.45) is 0. The highest BCUT2D eigenvalue weighted by atomic mass is 35.8. The average molecular weight is 292 g/mol. The third-order valence-electron chi connectivity index (χ3n) is 3.36. The summed E-state index contributed by atoms with van der Waals surface area (Å²) >= 11 is 19.1. The molecule has 0 fully saturated rings. The highest BCUT2D eigenvalue weighted by Gasteiger charge is 2.59. The highest BCUT2D eigenvalue weighted by Crippen LogP contribution is 2.51. The van der Waals surface area contributed by atoms with E-state index < -0.39 is 13.1 Å². The van der Waals surface area contributed by atoms with Gasteiger partial charge in [0.05, 0.1) is 0 Å². The monoisotopic (exact) mass is 290 g/mol. The van der Waals surface area contributed by atoms with Gasteiger partial charge in [-0.05, 0) is 16.6 Å². The molecular formula is C9H21Cl3Si2. The van der Waals surface area contributed by atoms with E-state index in [1.807, 2.05) is 0 Å². The molecule has 14 heavy (non-hydrogen) atoms. The van der Waals surface area contributed by atoms with Crippen molar-refractivity contribution in [1.29, 1.82) is 0 Å². The van der Waals surface area contributed by atoms with Gasteiger partial charge in [0.2, 0.25) is 0 Å². The van der Waals surface area contributed by atoms with Crippen molar-refractivity contribution >= 4 is 46.3 Å². The standard InChI is InChI=1S/C9H21Cl3Si2/c1-7(2)13(8(3)4,9(5)6)14(10,11)12/h7-9H,1-6H3. The normalized spacial score (nSPS) is 14.6. The lowest BCUT2D eigenvalue weighted by atomic mass is 10.5. The van der Waals surface area contributed by atoms with Crippen molar-refractivity contribution in [3.05, 3.63) is 0 Å². The van der Waals surface area contributed by atoms with Gasteiger partial charge >= 0.3 is 5.52 Å². The van der Waals surface area contributed by atoms with Crippen LogP contribution in [0.1, 0.15) is 41.5 Å². The molecule has 0 heterocycles. The Hall–Kier alpha value is 1.30. The maximum Gasteiger partial charge on any atom is 0.325 e. The van der Waals surface area contributed by atoms with Crippen LogP contribution >= 0.6 is 33.2 Å². The average Bonchev–Trinajstić information content (AvgIpc) is 1.79. The van der Waals surface area contributed by atoms with Crippen molar-refractivity contribution in [2.24, 2.45) is 0 Å². The molecule has 0 amide bonds. The fraction of sp³-hybridized carbons (Fsp3) is 1.00. The van der Waals surface area contributed by atoms with Crippen LogP contribution in [0, 0.1) is 0 Å². The smallest absolute Gasteiger partial charge is 0.130 e. The number of rotatable bonds is 4. The lowest BCUT2D eigenvalue weighted by Gasteiger charge is -2.46. The summed E-state index contributed by atoms with van der Waals surface area (Å²) in [5.41, 5.74) is -0.941. The Morgan fingerprint density at radius 2 is 0.857 bits per heavy atom. The molecule has 0 nitrogen and oxygen atoms in total. The van der Waals surface area contributed by atoms with Crippen molar-refractivity contribution in [3.63, 3.8) is 0 Å². The van der Waals surface area contributed by atoms with E-state index in [9.17, 15) is 0 Å². The second kappa shape index (κ2) is 5.09. The van der Waals surface area contributed by atoms with Gasteiger partial charge < -0.3 is 0 Å². The van der Waals surface area contributed by atoms with Crippen molar-refractivity contribution in [3.8, 4) is 0 Å². The third-order valence-corrected chi connectivity index (χ3v) is 27.1. The molecule has 0 aliphatic rings. The van der Waals surface area contributed by atoms with Gasteiger partial charge in [-0.3, -0.25) is 0 Å². The van der Waals surface area contributed by atoms with E-state index >= 15 is 0 Å². The minimum Gasteiger partial charge on any atom is -0.130 e. The maximum atomic E-state index is 6.37. The Kier molecular flexibility index (Phi) is 5.56. The van der Waals surface area contributed by atoms with E-state index in [0.29, 0.717) is 16.6 Å². The van der Waals surface area contributed by atoms with E-state index in [1.165, 1.54) is 0 Å². The fourth-order valence-electron chi connectivity index (χ4n) is 2.98. The molecule has 0 spiro atoms. The number of hydrogen-bond acceptors (Lipinski definition) is 0. The van der Waals surface area contributed by atoms with Crippen molar-refractivity contribution in [1.82, 2.24) is 0 Å². The van der Waals surface area contributed by atoms with Crippen LogP contribution in [0.15, 0.2) is 0 Å². The Balaban J connectivity index is 5.40. The van der Waals surface area contributed by atoms with Gasteiger partial charge in [0, 0.05) is 0 Å². The van der Waals surface area contributed by atoms with Crippen LogP contribution in [-0.4, -0.2) is 13.1 Å². The zero-order valence-electron chi connectivity index (χ0n) is 9.87. The molecule has 0 N–H and O–H groups in total. The molecule has 0 bridgehead atoms. The van der Waals surface area contributed by atoms with Gasteiger partial charge in [-0.15, -0.1) is 33.2 Å². The van der Waals surface area contributed by atoms with Gasteiger partial charge in [-0.1, -0.05) is 41.5 Å². The quantitative estimate of drug-likeness (QED) is 0.480. The van der Waals surface area contributed by atoms with Crippen molar-refractivity contribution < 1.29 is 0 Å². The second-order valence-corrected chi connectivity index (χ2v) is 25.8. The SMILES string of the molecule is CC(C)[Si](C(C)C)(C(C)C)[Si](Cl)(Cl)Cl.